The van der Waals surface area contributed by atoms with Crippen molar-refractivity contribution in [3.8, 4) is 0 Å². The number of nitrogens with two attached hydrogens (primary N) is 1. The van der Waals surface area contributed by atoms with Crippen molar-refractivity contribution >= 4 is 27.5 Å². The van der Waals surface area contributed by atoms with E-state index in [1.165, 1.54) is 6.07 Å². The average molecular weight is 400 g/mol. The number of rotatable bonds is 8. The van der Waals surface area contributed by atoms with Crippen LogP contribution in [0.2, 0.25) is 0 Å². The third kappa shape index (κ3) is 5.82. The van der Waals surface area contributed by atoms with Crippen molar-refractivity contribution in [2.75, 3.05) is 11.1 Å². The fourth-order valence-electron chi connectivity index (χ4n) is 2.72. The number of nitrogens with one attached hydrogen (secondary N) is 1. The summed E-state index contributed by atoms with van der Waals surface area (Å²) < 4.78 is 23.8. The second-order valence-corrected chi connectivity index (χ2v) is 8.70. The third-order valence-electron chi connectivity index (χ3n) is 3.95. The highest BCUT2D eigenvalue weighted by Crippen LogP contribution is 2.24. The summed E-state index contributed by atoms with van der Waals surface area (Å²) in [5.41, 5.74) is 1.60. The molecule has 3 rings (SSSR count). The molecule has 3 N–H and O–H groups in total. The lowest BCUT2D eigenvalue weighted by Crippen LogP contribution is -2.27. The summed E-state index contributed by atoms with van der Waals surface area (Å²) in [6.45, 7) is 0. The van der Waals surface area contributed by atoms with Crippen LogP contribution in [0.1, 0.15) is 5.56 Å². The van der Waals surface area contributed by atoms with Crippen LogP contribution in [0.15, 0.2) is 88.9 Å². The van der Waals surface area contributed by atoms with Gasteiger partial charge in [-0.1, -0.05) is 36.4 Å². The maximum absolute atomic E-state index is 11.9. The first-order chi connectivity index (χ1) is 13.0. The number of thioether (sulfide) groups is 1. The van der Waals surface area contributed by atoms with E-state index < -0.39 is 10.0 Å². The monoisotopic (exact) mass is 399 g/mol. The highest BCUT2D eigenvalue weighted by Gasteiger charge is 2.17. The summed E-state index contributed by atoms with van der Waals surface area (Å²) in [5.74, 6) is 0.762. The topological polar surface area (TPSA) is 85.1 Å². The predicted octanol–water partition coefficient (Wildman–Crippen LogP) is 3.54. The normalized spacial score (nSPS) is 12.5. The number of nitrogens with zero attached hydrogens (tertiary/aromatic N) is 1. The Bertz CT molecular complexity index is 965. The van der Waals surface area contributed by atoms with E-state index in [0.29, 0.717) is 12.1 Å². The molecule has 5 nitrogen and oxygen atoms in total. The molecule has 0 amide bonds. The number of sulfonamides is 1. The van der Waals surface area contributed by atoms with Gasteiger partial charge in [-0.15, -0.1) is 11.8 Å². The molecule has 1 aromatic heterocycles. The van der Waals surface area contributed by atoms with Gasteiger partial charge in [-0.25, -0.2) is 13.6 Å². The van der Waals surface area contributed by atoms with Crippen molar-refractivity contribution in [2.45, 2.75) is 22.3 Å². The van der Waals surface area contributed by atoms with Gasteiger partial charge in [0.1, 0.15) is 4.90 Å². The SMILES string of the molecule is NS(=O)(=O)c1ccccc1N[C@H](CSc1ccccc1)Cc1cccnc1. The van der Waals surface area contributed by atoms with E-state index >= 15 is 0 Å². The molecule has 0 saturated carbocycles. The van der Waals surface area contributed by atoms with Gasteiger partial charge in [0.15, 0.2) is 0 Å². The van der Waals surface area contributed by atoms with Crippen molar-refractivity contribution in [1.82, 2.24) is 4.98 Å². The number of pyridine rings is 1. The standard InChI is InChI=1S/C20H21N3O2S2/c21-27(24,25)20-11-5-4-10-19(20)23-17(13-16-7-6-12-22-14-16)15-26-18-8-2-1-3-9-18/h1-12,14,17,23H,13,15H2,(H2,21,24,25)/t17-/m0/s1. The fourth-order valence-corrected chi connectivity index (χ4v) is 4.37. The molecule has 140 valence electrons. The van der Waals surface area contributed by atoms with Gasteiger partial charge in [0.2, 0.25) is 10.0 Å². The van der Waals surface area contributed by atoms with E-state index in [4.69, 9.17) is 5.14 Å². The van der Waals surface area contributed by atoms with Crippen LogP contribution in [0.3, 0.4) is 0 Å². The molecule has 1 heterocycles. The van der Waals surface area contributed by atoms with Crippen LogP contribution < -0.4 is 10.5 Å². The first-order valence-electron chi connectivity index (χ1n) is 8.47. The number of anilines is 1. The number of hydrogen-bond acceptors (Lipinski definition) is 5. The van der Waals surface area contributed by atoms with E-state index in [2.05, 4.69) is 22.4 Å². The second-order valence-electron chi connectivity index (χ2n) is 6.07. The van der Waals surface area contributed by atoms with E-state index in [1.807, 2.05) is 36.5 Å². The number of para-hydroxylation sites is 1. The molecular formula is C20H21N3O2S2. The minimum Gasteiger partial charge on any atom is -0.380 e. The maximum Gasteiger partial charge on any atom is 0.240 e. The molecule has 27 heavy (non-hydrogen) atoms. The maximum atomic E-state index is 11.9. The van der Waals surface area contributed by atoms with Gasteiger partial charge in [0.25, 0.3) is 0 Å². The van der Waals surface area contributed by atoms with Gasteiger partial charge in [-0.05, 0) is 42.3 Å². The van der Waals surface area contributed by atoms with Gasteiger partial charge < -0.3 is 5.32 Å². The lowest BCUT2D eigenvalue weighted by molar-refractivity contribution is 0.598. The van der Waals surface area contributed by atoms with Gasteiger partial charge in [-0.2, -0.15) is 0 Å². The Morgan fingerprint density at radius 1 is 1.00 bits per heavy atom. The molecule has 0 saturated heterocycles. The van der Waals surface area contributed by atoms with Gasteiger partial charge in [0.05, 0.1) is 5.69 Å². The van der Waals surface area contributed by atoms with Crippen LogP contribution in [0.4, 0.5) is 5.69 Å². The minimum absolute atomic E-state index is 0.00214. The molecule has 2 aromatic carbocycles. The quantitative estimate of drug-likeness (QED) is 0.566. The molecule has 0 aliphatic heterocycles. The molecule has 0 radical (unpaired) electrons. The van der Waals surface area contributed by atoms with Crippen LogP contribution in [0, 0.1) is 0 Å². The average Bonchev–Trinajstić information content (AvgIpc) is 2.67. The zero-order chi connectivity index (χ0) is 19.1. The highest BCUT2D eigenvalue weighted by molar-refractivity contribution is 7.99. The summed E-state index contributed by atoms with van der Waals surface area (Å²) >= 11 is 1.72. The van der Waals surface area contributed by atoms with Crippen LogP contribution in [-0.4, -0.2) is 25.2 Å². The zero-order valence-electron chi connectivity index (χ0n) is 14.7. The summed E-state index contributed by atoms with van der Waals surface area (Å²) in [6, 6.07) is 20.7. The van der Waals surface area contributed by atoms with Crippen LogP contribution in [0.25, 0.3) is 0 Å². The van der Waals surface area contributed by atoms with Gasteiger partial charge in [0, 0.05) is 29.1 Å². The molecular weight excluding hydrogens is 378 g/mol. The van der Waals surface area contributed by atoms with Gasteiger partial charge in [-0.3, -0.25) is 4.98 Å². The Hall–Kier alpha value is -2.35. The largest absolute Gasteiger partial charge is 0.380 e. The summed E-state index contributed by atoms with van der Waals surface area (Å²) in [4.78, 5) is 5.43. The fraction of sp³-hybridized carbons (Fsp3) is 0.150. The Morgan fingerprint density at radius 3 is 2.44 bits per heavy atom. The van der Waals surface area contributed by atoms with E-state index in [1.54, 1.807) is 36.2 Å². The molecule has 0 aliphatic carbocycles. The smallest absolute Gasteiger partial charge is 0.240 e. The number of hydrogen-bond donors (Lipinski definition) is 2. The lowest BCUT2D eigenvalue weighted by Gasteiger charge is -2.21. The van der Waals surface area contributed by atoms with Crippen LogP contribution in [-0.2, 0) is 16.4 Å². The summed E-state index contributed by atoms with van der Waals surface area (Å²) in [5, 5.41) is 8.73. The molecule has 1 atom stereocenters. The predicted molar refractivity (Wildman–Crippen MR) is 110 cm³/mol. The van der Waals surface area contributed by atoms with Crippen LogP contribution in [0.5, 0.6) is 0 Å². The van der Waals surface area contributed by atoms with E-state index in [0.717, 1.165) is 16.2 Å². The number of aromatic nitrogens is 1. The van der Waals surface area contributed by atoms with Crippen molar-refractivity contribution in [2.24, 2.45) is 5.14 Å². The lowest BCUT2D eigenvalue weighted by atomic mass is 10.1. The summed E-state index contributed by atoms with van der Waals surface area (Å²) in [7, 11) is -3.80. The number of benzene rings is 2. The van der Waals surface area contributed by atoms with Crippen molar-refractivity contribution in [3.05, 3.63) is 84.7 Å². The van der Waals surface area contributed by atoms with Crippen LogP contribution >= 0.6 is 11.8 Å². The Kier molecular flexibility index (Phi) is 6.49. The van der Waals surface area contributed by atoms with E-state index in [-0.39, 0.29) is 10.9 Å². The Balaban J connectivity index is 1.81. The molecule has 0 aliphatic rings. The Morgan fingerprint density at radius 2 is 1.74 bits per heavy atom. The third-order valence-corrected chi connectivity index (χ3v) is 6.10. The molecule has 0 bridgehead atoms. The minimum atomic E-state index is -3.80. The van der Waals surface area contributed by atoms with Gasteiger partial charge >= 0.3 is 0 Å². The summed E-state index contributed by atoms with van der Waals surface area (Å²) in [6.07, 6.45) is 4.28. The van der Waals surface area contributed by atoms with Crippen molar-refractivity contribution < 1.29 is 8.42 Å². The zero-order valence-corrected chi connectivity index (χ0v) is 16.3. The Labute approximate surface area is 164 Å². The van der Waals surface area contributed by atoms with Crippen molar-refractivity contribution in [1.29, 1.82) is 0 Å². The first kappa shape index (κ1) is 19.4. The second kappa shape index (κ2) is 9.03. The molecule has 7 heteroatoms. The number of primary sulfonamides is 1. The molecule has 0 spiro atoms. The van der Waals surface area contributed by atoms with Crippen molar-refractivity contribution in [3.63, 3.8) is 0 Å². The molecule has 0 unspecified atom stereocenters. The first-order valence-corrected chi connectivity index (χ1v) is 11.0. The molecule has 0 fully saturated rings. The molecule has 3 aromatic rings. The van der Waals surface area contributed by atoms with E-state index in [9.17, 15) is 8.42 Å². The highest BCUT2D eigenvalue weighted by atomic mass is 32.2.